The molecule has 0 aromatic heterocycles. The first kappa shape index (κ1) is 32.8. The van der Waals surface area contributed by atoms with Crippen LogP contribution in [0.25, 0.3) is 33.7 Å². The fraction of sp³-hybridized carbons (Fsp3) is 0.0800. The third-order valence-corrected chi connectivity index (χ3v) is 9.72. The lowest BCUT2D eigenvalue weighted by Gasteiger charge is -2.26. The lowest BCUT2D eigenvalue weighted by Crippen LogP contribution is -2.10. The third kappa shape index (κ3) is 6.97. The van der Waals surface area contributed by atoms with Gasteiger partial charge in [0.15, 0.2) is 0 Å². The van der Waals surface area contributed by atoms with E-state index in [1.165, 1.54) is 54.9 Å². The van der Waals surface area contributed by atoms with Gasteiger partial charge in [-0.15, -0.1) is 0 Å². The molecule has 0 fully saturated rings. The average molecular weight is 671 g/mol. The molecule has 0 spiro atoms. The van der Waals surface area contributed by atoms with E-state index in [1.807, 2.05) is 0 Å². The Balaban J connectivity index is 1.07. The monoisotopic (exact) mass is 670 g/mol. The molecule has 0 bridgehead atoms. The summed E-state index contributed by atoms with van der Waals surface area (Å²) in [6.45, 7) is 8.59. The molecule has 0 N–H and O–H groups in total. The number of rotatable bonds is 8. The number of hydrogen-bond donors (Lipinski definition) is 0. The lowest BCUT2D eigenvalue weighted by molar-refractivity contribution is 1.26. The topological polar surface area (TPSA) is 6.48 Å². The molecule has 0 saturated carbocycles. The van der Waals surface area contributed by atoms with Crippen LogP contribution in [0.3, 0.4) is 0 Å². The van der Waals surface area contributed by atoms with Gasteiger partial charge in [0, 0.05) is 34.1 Å². The predicted octanol–water partition coefficient (Wildman–Crippen LogP) is 14.3. The second-order valence-corrected chi connectivity index (χ2v) is 13.9. The first-order valence-electron chi connectivity index (χ1n) is 18.0. The summed E-state index contributed by atoms with van der Waals surface area (Å²) in [7, 11) is 0. The minimum atomic E-state index is 1.15. The minimum Gasteiger partial charge on any atom is -0.310 e. The van der Waals surface area contributed by atoms with Crippen LogP contribution in [0, 0.1) is 27.7 Å². The van der Waals surface area contributed by atoms with Crippen LogP contribution in [0.4, 0.5) is 34.1 Å². The highest BCUT2D eigenvalue weighted by atomic mass is 15.1. The Labute approximate surface area is 307 Å². The second-order valence-electron chi connectivity index (χ2n) is 13.9. The van der Waals surface area contributed by atoms with Gasteiger partial charge in [-0.3, -0.25) is 0 Å². The molecule has 0 unspecified atom stereocenters. The van der Waals surface area contributed by atoms with E-state index >= 15 is 0 Å². The van der Waals surface area contributed by atoms with E-state index < -0.39 is 0 Å². The fourth-order valence-corrected chi connectivity index (χ4v) is 7.14. The van der Waals surface area contributed by atoms with Crippen LogP contribution in [0.5, 0.6) is 0 Å². The Morgan fingerprint density at radius 3 is 0.904 bits per heavy atom. The van der Waals surface area contributed by atoms with Gasteiger partial charge in [-0.1, -0.05) is 97.1 Å². The maximum absolute atomic E-state index is 2.35. The van der Waals surface area contributed by atoms with E-state index in [4.69, 9.17) is 0 Å². The van der Waals surface area contributed by atoms with Gasteiger partial charge in [0.1, 0.15) is 0 Å². The summed E-state index contributed by atoms with van der Waals surface area (Å²) in [5.74, 6) is 0. The van der Waals surface area contributed by atoms with Crippen LogP contribution in [-0.4, -0.2) is 0 Å². The van der Waals surface area contributed by atoms with Crippen molar-refractivity contribution in [3.05, 3.63) is 203 Å². The molecule has 0 amide bonds. The molecule has 8 aromatic carbocycles. The van der Waals surface area contributed by atoms with Crippen LogP contribution in [0.15, 0.2) is 170 Å². The van der Waals surface area contributed by atoms with Gasteiger partial charge in [0.05, 0.1) is 0 Å². The van der Waals surface area contributed by atoms with Crippen LogP contribution in [0.2, 0.25) is 0 Å². The predicted molar refractivity (Wildman–Crippen MR) is 225 cm³/mol. The number of nitrogens with zero attached hydrogens (tertiary/aromatic N) is 2. The van der Waals surface area contributed by atoms with Crippen LogP contribution >= 0.6 is 0 Å². The van der Waals surface area contributed by atoms with Crippen LogP contribution < -0.4 is 9.80 Å². The fourth-order valence-electron chi connectivity index (χ4n) is 7.14. The van der Waals surface area contributed by atoms with Gasteiger partial charge in [0.25, 0.3) is 0 Å². The zero-order valence-electron chi connectivity index (χ0n) is 30.2. The van der Waals surface area contributed by atoms with Crippen molar-refractivity contribution in [1.29, 1.82) is 0 Å². The van der Waals surface area contributed by atoms with Crippen molar-refractivity contribution in [1.82, 2.24) is 0 Å². The first-order chi connectivity index (χ1) is 25.4. The number of aryl methyl sites for hydroxylation is 4. The van der Waals surface area contributed by atoms with Crippen molar-refractivity contribution in [2.24, 2.45) is 0 Å². The van der Waals surface area contributed by atoms with E-state index in [2.05, 4.69) is 220 Å². The van der Waals surface area contributed by atoms with Crippen LogP contribution in [-0.2, 0) is 0 Å². The average Bonchev–Trinajstić information content (AvgIpc) is 3.14. The van der Waals surface area contributed by atoms with E-state index in [0.717, 1.165) is 34.1 Å². The summed E-state index contributed by atoms with van der Waals surface area (Å²) in [5, 5.41) is 4.87. The third-order valence-electron chi connectivity index (χ3n) is 9.72. The van der Waals surface area contributed by atoms with Crippen molar-refractivity contribution in [2.45, 2.75) is 27.7 Å². The Morgan fingerprint density at radius 1 is 0.288 bits per heavy atom. The van der Waals surface area contributed by atoms with E-state index in [9.17, 15) is 0 Å². The highest BCUT2D eigenvalue weighted by Crippen LogP contribution is 2.38. The van der Waals surface area contributed by atoms with Gasteiger partial charge in [-0.25, -0.2) is 0 Å². The van der Waals surface area contributed by atoms with Crippen molar-refractivity contribution < 1.29 is 0 Å². The Bertz CT molecular complexity index is 2320. The SMILES string of the molecule is Cc1cccc(N(c2cccc(C)c2)c2ccc3cc(/C=C/c4ccc5cc(N(c6cccc(C)c6)c6cccc(C)c6)ccc5c4)ccc3c2)c1. The molecule has 0 aliphatic rings. The molecular formula is C50H42N2. The van der Waals surface area contributed by atoms with Gasteiger partial charge in [-0.05, 0) is 168 Å². The summed E-state index contributed by atoms with van der Waals surface area (Å²) in [4.78, 5) is 4.69. The largest absolute Gasteiger partial charge is 0.310 e. The smallest absolute Gasteiger partial charge is 0.0468 e. The highest BCUT2D eigenvalue weighted by Gasteiger charge is 2.15. The summed E-state index contributed by atoms with van der Waals surface area (Å²) in [6, 6.07) is 61.8. The van der Waals surface area contributed by atoms with E-state index in [-0.39, 0.29) is 0 Å². The second kappa shape index (κ2) is 14.1. The number of anilines is 6. The maximum Gasteiger partial charge on any atom is 0.0468 e. The van der Waals surface area contributed by atoms with Gasteiger partial charge in [0.2, 0.25) is 0 Å². The lowest BCUT2D eigenvalue weighted by atomic mass is 10.0. The molecule has 2 nitrogen and oxygen atoms in total. The molecule has 8 rings (SSSR count). The normalized spacial score (nSPS) is 11.4. The zero-order chi connectivity index (χ0) is 35.6. The summed E-state index contributed by atoms with van der Waals surface area (Å²) >= 11 is 0. The zero-order valence-corrected chi connectivity index (χ0v) is 30.2. The molecular weight excluding hydrogens is 629 g/mol. The highest BCUT2D eigenvalue weighted by molar-refractivity contribution is 5.93. The van der Waals surface area contributed by atoms with E-state index in [1.54, 1.807) is 0 Å². The van der Waals surface area contributed by atoms with Crippen molar-refractivity contribution in [2.75, 3.05) is 9.80 Å². The summed E-state index contributed by atoms with van der Waals surface area (Å²) in [6.07, 6.45) is 4.43. The van der Waals surface area contributed by atoms with Gasteiger partial charge < -0.3 is 9.80 Å². The Kier molecular flexibility index (Phi) is 8.89. The molecule has 0 heterocycles. The Morgan fingerprint density at radius 2 is 0.577 bits per heavy atom. The van der Waals surface area contributed by atoms with Crippen molar-refractivity contribution in [3.8, 4) is 0 Å². The summed E-state index contributed by atoms with van der Waals surface area (Å²) in [5.41, 5.74) is 14.2. The van der Waals surface area contributed by atoms with Crippen molar-refractivity contribution >= 4 is 67.8 Å². The number of fused-ring (bicyclic) bond motifs is 2. The number of hydrogen-bond acceptors (Lipinski definition) is 2. The summed E-state index contributed by atoms with van der Waals surface area (Å²) < 4.78 is 0. The van der Waals surface area contributed by atoms with Crippen molar-refractivity contribution in [3.63, 3.8) is 0 Å². The molecule has 2 heteroatoms. The minimum absolute atomic E-state index is 1.15. The van der Waals surface area contributed by atoms with Crippen LogP contribution in [0.1, 0.15) is 33.4 Å². The van der Waals surface area contributed by atoms with E-state index in [0.29, 0.717) is 0 Å². The molecule has 0 saturated heterocycles. The molecule has 0 atom stereocenters. The number of benzene rings is 8. The molecule has 8 aromatic rings. The Hall–Kier alpha value is -6.38. The standard InChI is InChI=1S/C50H42N2/c1-35-9-5-13-45(27-35)51(46-14-6-10-36(2)28-46)49-25-23-41-31-39(19-21-43(41)33-49)17-18-40-20-22-44-34-50(26-24-42(44)32-40)52(47-15-7-11-37(3)29-47)48-16-8-12-38(4)30-48/h5-34H,1-4H3/b18-17+. The molecule has 0 radical (unpaired) electrons. The van der Waals surface area contributed by atoms with Gasteiger partial charge >= 0.3 is 0 Å². The molecule has 52 heavy (non-hydrogen) atoms. The van der Waals surface area contributed by atoms with Gasteiger partial charge in [-0.2, -0.15) is 0 Å². The first-order valence-corrected chi connectivity index (χ1v) is 18.0. The molecule has 0 aliphatic carbocycles. The quantitative estimate of drug-likeness (QED) is 0.148. The maximum atomic E-state index is 2.35. The molecule has 252 valence electrons. The molecule has 0 aliphatic heterocycles.